The second kappa shape index (κ2) is 5.01. The fraction of sp³-hybridized carbons (Fsp3) is 0.636. The minimum Gasteiger partial charge on any atom is -0.381 e. The van der Waals surface area contributed by atoms with Gasteiger partial charge in [0, 0.05) is 44.7 Å². The van der Waals surface area contributed by atoms with Crippen LogP contribution in [-0.2, 0) is 18.3 Å². The molecule has 1 fully saturated rings. The van der Waals surface area contributed by atoms with Gasteiger partial charge in [-0.2, -0.15) is 0 Å². The molecule has 1 aliphatic rings. The molecular formula is C11H17ClN2O. The Morgan fingerprint density at radius 3 is 2.87 bits per heavy atom. The number of halogens is 1. The standard InChI is InChI=1S/C11H17ClN2O/c1-14-8-9(12)6-11(14)7-13-10-2-4-15-5-3-10/h6,8,10,13H,2-5,7H2,1H3. The predicted molar refractivity (Wildman–Crippen MR) is 61.1 cm³/mol. The fourth-order valence-electron chi connectivity index (χ4n) is 1.89. The molecule has 1 aromatic heterocycles. The van der Waals surface area contributed by atoms with Crippen LogP contribution in [0.15, 0.2) is 12.3 Å². The van der Waals surface area contributed by atoms with E-state index in [-0.39, 0.29) is 0 Å². The number of rotatable bonds is 3. The van der Waals surface area contributed by atoms with Crippen molar-refractivity contribution in [2.75, 3.05) is 13.2 Å². The Kier molecular flexibility index (Phi) is 3.67. The quantitative estimate of drug-likeness (QED) is 0.856. The van der Waals surface area contributed by atoms with Gasteiger partial charge >= 0.3 is 0 Å². The van der Waals surface area contributed by atoms with E-state index in [9.17, 15) is 0 Å². The number of aryl methyl sites for hydroxylation is 1. The van der Waals surface area contributed by atoms with Crippen molar-refractivity contribution in [3.05, 3.63) is 23.0 Å². The molecule has 0 unspecified atom stereocenters. The lowest BCUT2D eigenvalue weighted by Crippen LogP contribution is -2.34. The summed E-state index contributed by atoms with van der Waals surface area (Å²) < 4.78 is 7.38. The largest absolute Gasteiger partial charge is 0.381 e. The third-order valence-corrected chi connectivity index (χ3v) is 3.07. The summed E-state index contributed by atoms with van der Waals surface area (Å²) in [4.78, 5) is 0. The van der Waals surface area contributed by atoms with Gasteiger partial charge in [0.2, 0.25) is 0 Å². The molecule has 0 radical (unpaired) electrons. The first-order valence-corrected chi connectivity index (χ1v) is 5.75. The second-order valence-corrected chi connectivity index (χ2v) is 4.46. The van der Waals surface area contributed by atoms with Gasteiger partial charge in [-0.3, -0.25) is 0 Å². The summed E-state index contributed by atoms with van der Waals surface area (Å²) in [6, 6.07) is 2.60. The van der Waals surface area contributed by atoms with Gasteiger partial charge in [-0.05, 0) is 18.9 Å². The number of hydrogen-bond acceptors (Lipinski definition) is 2. The van der Waals surface area contributed by atoms with Crippen molar-refractivity contribution < 1.29 is 4.74 Å². The minimum absolute atomic E-state index is 0.590. The average molecular weight is 229 g/mol. The molecule has 1 saturated heterocycles. The van der Waals surface area contributed by atoms with Crippen LogP contribution in [-0.4, -0.2) is 23.8 Å². The van der Waals surface area contributed by atoms with Crippen LogP contribution in [0.5, 0.6) is 0 Å². The van der Waals surface area contributed by atoms with Crippen LogP contribution >= 0.6 is 11.6 Å². The summed E-state index contributed by atoms with van der Waals surface area (Å²) in [5.74, 6) is 0. The molecule has 1 aromatic rings. The van der Waals surface area contributed by atoms with Crippen LogP contribution < -0.4 is 5.32 Å². The van der Waals surface area contributed by atoms with Crippen molar-refractivity contribution in [1.29, 1.82) is 0 Å². The lowest BCUT2D eigenvalue weighted by molar-refractivity contribution is 0.0774. The van der Waals surface area contributed by atoms with Crippen molar-refractivity contribution >= 4 is 11.6 Å². The lowest BCUT2D eigenvalue weighted by Gasteiger charge is -2.23. The van der Waals surface area contributed by atoms with Gasteiger partial charge in [0.15, 0.2) is 0 Å². The monoisotopic (exact) mass is 228 g/mol. The number of aromatic nitrogens is 1. The van der Waals surface area contributed by atoms with Crippen LogP contribution in [0.1, 0.15) is 18.5 Å². The molecule has 0 aromatic carbocycles. The smallest absolute Gasteiger partial charge is 0.0585 e. The third kappa shape index (κ3) is 2.97. The molecule has 4 heteroatoms. The Labute approximate surface area is 95.4 Å². The molecule has 0 saturated carbocycles. The maximum absolute atomic E-state index is 5.92. The Bertz CT molecular complexity index is 318. The van der Waals surface area contributed by atoms with Crippen LogP contribution in [0.2, 0.25) is 5.02 Å². The van der Waals surface area contributed by atoms with E-state index < -0.39 is 0 Å². The Morgan fingerprint density at radius 1 is 1.53 bits per heavy atom. The van der Waals surface area contributed by atoms with Gasteiger partial charge in [-0.25, -0.2) is 0 Å². The van der Waals surface area contributed by atoms with E-state index in [2.05, 4.69) is 9.88 Å². The highest BCUT2D eigenvalue weighted by atomic mass is 35.5. The van der Waals surface area contributed by atoms with Gasteiger partial charge in [-0.15, -0.1) is 0 Å². The zero-order valence-electron chi connectivity index (χ0n) is 9.00. The Hall–Kier alpha value is -0.510. The molecule has 15 heavy (non-hydrogen) atoms. The molecular weight excluding hydrogens is 212 g/mol. The molecule has 2 rings (SSSR count). The zero-order chi connectivity index (χ0) is 10.7. The molecule has 0 amide bonds. The molecule has 0 bridgehead atoms. The summed E-state index contributed by atoms with van der Waals surface area (Å²) in [6.07, 6.45) is 4.15. The normalized spacial score (nSPS) is 18.3. The molecule has 84 valence electrons. The van der Waals surface area contributed by atoms with Crippen LogP contribution in [0.3, 0.4) is 0 Å². The van der Waals surface area contributed by atoms with E-state index in [1.165, 1.54) is 5.69 Å². The van der Waals surface area contributed by atoms with Crippen molar-refractivity contribution in [2.24, 2.45) is 7.05 Å². The molecule has 3 nitrogen and oxygen atoms in total. The molecule has 2 heterocycles. The van der Waals surface area contributed by atoms with E-state index >= 15 is 0 Å². The summed E-state index contributed by atoms with van der Waals surface area (Å²) in [6.45, 7) is 2.64. The van der Waals surface area contributed by atoms with Gasteiger partial charge in [0.1, 0.15) is 0 Å². The number of hydrogen-bond donors (Lipinski definition) is 1. The number of nitrogens with one attached hydrogen (secondary N) is 1. The van der Waals surface area contributed by atoms with E-state index in [4.69, 9.17) is 16.3 Å². The first-order chi connectivity index (χ1) is 7.25. The lowest BCUT2D eigenvalue weighted by atomic mass is 10.1. The first kappa shape index (κ1) is 11.0. The van der Waals surface area contributed by atoms with Crippen molar-refractivity contribution in [3.8, 4) is 0 Å². The third-order valence-electron chi connectivity index (χ3n) is 2.87. The van der Waals surface area contributed by atoms with Crippen LogP contribution in [0.25, 0.3) is 0 Å². The van der Waals surface area contributed by atoms with Gasteiger partial charge in [0.25, 0.3) is 0 Å². The highest BCUT2D eigenvalue weighted by molar-refractivity contribution is 6.30. The summed E-state index contributed by atoms with van der Waals surface area (Å²) in [5.41, 5.74) is 1.23. The van der Waals surface area contributed by atoms with Gasteiger partial charge in [-0.1, -0.05) is 11.6 Å². The maximum atomic E-state index is 5.92. The zero-order valence-corrected chi connectivity index (χ0v) is 9.76. The molecule has 0 spiro atoms. The summed E-state index contributed by atoms with van der Waals surface area (Å²) in [5, 5.41) is 4.34. The SMILES string of the molecule is Cn1cc(Cl)cc1CNC1CCOCC1. The topological polar surface area (TPSA) is 26.2 Å². The molecule has 1 N–H and O–H groups in total. The van der Waals surface area contributed by atoms with E-state index in [1.807, 2.05) is 19.3 Å². The molecule has 1 aliphatic heterocycles. The van der Waals surface area contributed by atoms with Crippen LogP contribution in [0.4, 0.5) is 0 Å². The highest BCUT2D eigenvalue weighted by Gasteiger charge is 2.13. The first-order valence-electron chi connectivity index (χ1n) is 5.37. The Morgan fingerprint density at radius 2 is 2.27 bits per heavy atom. The summed E-state index contributed by atoms with van der Waals surface area (Å²) in [7, 11) is 2.02. The fourth-order valence-corrected chi connectivity index (χ4v) is 2.16. The van der Waals surface area contributed by atoms with Crippen molar-refractivity contribution in [1.82, 2.24) is 9.88 Å². The average Bonchev–Trinajstić information content (AvgIpc) is 2.56. The summed E-state index contributed by atoms with van der Waals surface area (Å²) >= 11 is 5.92. The molecule has 0 aliphatic carbocycles. The minimum atomic E-state index is 0.590. The number of ether oxygens (including phenoxy) is 1. The van der Waals surface area contributed by atoms with Crippen molar-refractivity contribution in [2.45, 2.75) is 25.4 Å². The Balaban J connectivity index is 1.84. The highest BCUT2D eigenvalue weighted by Crippen LogP contribution is 2.13. The van der Waals surface area contributed by atoms with E-state index in [0.717, 1.165) is 37.6 Å². The maximum Gasteiger partial charge on any atom is 0.0585 e. The van der Waals surface area contributed by atoms with Gasteiger partial charge < -0.3 is 14.6 Å². The molecule has 0 atom stereocenters. The second-order valence-electron chi connectivity index (χ2n) is 4.03. The predicted octanol–water partition coefficient (Wildman–Crippen LogP) is 1.95. The van der Waals surface area contributed by atoms with Gasteiger partial charge in [0.05, 0.1) is 5.02 Å². The van der Waals surface area contributed by atoms with E-state index in [1.54, 1.807) is 0 Å². The number of nitrogens with zero attached hydrogens (tertiary/aromatic N) is 1. The van der Waals surface area contributed by atoms with E-state index in [0.29, 0.717) is 6.04 Å². The van der Waals surface area contributed by atoms with Crippen molar-refractivity contribution in [3.63, 3.8) is 0 Å². The van der Waals surface area contributed by atoms with Crippen LogP contribution in [0, 0.1) is 0 Å².